The van der Waals surface area contributed by atoms with Crippen molar-refractivity contribution in [3.05, 3.63) is 54.1 Å². The summed E-state index contributed by atoms with van der Waals surface area (Å²) in [4.78, 5) is 23.4. The molecule has 2 aromatic carbocycles. The van der Waals surface area contributed by atoms with E-state index < -0.39 is 22.0 Å². The highest BCUT2D eigenvalue weighted by Gasteiger charge is 2.22. The molecule has 7 nitrogen and oxygen atoms in total. The van der Waals surface area contributed by atoms with E-state index in [2.05, 4.69) is 29.2 Å². The van der Waals surface area contributed by atoms with Gasteiger partial charge in [-0.2, -0.15) is 4.72 Å². The van der Waals surface area contributed by atoms with Gasteiger partial charge in [-0.05, 0) is 61.2 Å². The summed E-state index contributed by atoms with van der Waals surface area (Å²) >= 11 is 0. The predicted octanol–water partition coefficient (Wildman–Crippen LogP) is 3.46. The van der Waals surface area contributed by atoms with Gasteiger partial charge in [0.05, 0.1) is 10.9 Å². The van der Waals surface area contributed by atoms with Crippen molar-refractivity contribution in [1.29, 1.82) is 0 Å². The van der Waals surface area contributed by atoms with Crippen LogP contribution >= 0.6 is 0 Å². The van der Waals surface area contributed by atoms with Crippen LogP contribution < -0.4 is 15.4 Å². The van der Waals surface area contributed by atoms with Gasteiger partial charge in [-0.3, -0.25) is 9.59 Å². The summed E-state index contributed by atoms with van der Waals surface area (Å²) in [5, 5.41) is 5.28. The first-order valence-electron chi connectivity index (χ1n) is 9.43. The van der Waals surface area contributed by atoms with Crippen molar-refractivity contribution in [3.63, 3.8) is 0 Å². The summed E-state index contributed by atoms with van der Waals surface area (Å²) in [6.07, 6.45) is 1.02. The van der Waals surface area contributed by atoms with Crippen molar-refractivity contribution in [2.24, 2.45) is 0 Å². The lowest BCUT2D eigenvalue weighted by atomic mass is 9.99. The number of amides is 2. The van der Waals surface area contributed by atoms with Gasteiger partial charge in [-0.15, -0.1) is 0 Å². The third-order valence-electron chi connectivity index (χ3n) is 4.57. The number of nitrogens with one attached hydrogen (secondary N) is 3. The molecule has 0 spiro atoms. The Morgan fingerprint density at radius 3 is 1.93 bits per heavy atom. The minimum atomic E-state index is -3.89. The Morgan fingerprint density at radius 1 is 0.897 bits per heavy atom. The highest BCUT2D eigenvalue weighted by atomic mass is 32.2. The molecule has 2 rings (SSSR count). The van der Waals surface area contributed by atoms with E-state index in [-0.39, 0.29) is 10.8 Å². The number of hydrogen-bond acceptors (Lipinski definition) is 4. The van der Waals surface area contributed by atoms with Crippen LogP contribution in [-0.4, -0.2) is 26.3 Å². The summed E-state index contributed by atoms with van der Waals surface area (Å²) in [5.41, 5.74) is 2.28. The van der Waals surface area contributed by atoms with Crippen molar-refractivity contribution in [3.8, 4) is 0 Å². The molecule has 0 radical (unpaired) electrons. The second-order valence-electron chi connectivity index (χ2n) is 6.97. The third-order valence-corrected chi connectivity index (χ3v) is 6.13. The van der Waals surface area contributed by atoms with Crippen molar-refractivity contribution in [2.45, 2.75) is 51.0 Å². The van der Waals surface area contributed by atoms with E-state index in [1.165, 1.54) is 43.7 Å². The molecule has 156 valence electrons. The van der Waals surface area contributed by atoms with Crippen molar-refractivity contribution in [1.82, 2.24) is 4.72 Å². The maximum absolute atomic E-state index is 12.5. The Labute approximate surface area is 172 Å². The molecule has 0 aromatic heterocycles. The van der Waals surface area contributed by atoms with Gasteiger partial charge in [-0.25, -0.2) is 8.42 Å². The summed E-state index contributed by atoms with van der Waals surface area (Å²) in [6.45, 7) is 7.09. The van der Waals surface area contributed by atoms with Crippen molar-refractivity contribution < 1.29 is 18.0 Å². The molecular formula is C21H27N3O4S. The molecule has 0 bridgehead atoms. The maximum Gasteiger partial charge on any atom is 0.242 e. The number of carbonyl (C=O) groups excluding carboxylic acids is 2. The Bertz CT molecular complexity index is 954. The lowest BCUT2D eigenvalue weighted by Gasteiger charge is -2.15. The SMILES string of the molecule is CCC(C)c1ccc(NC(=O)[C@H](C)NS(=O)(=O)c2ccc(NC(C)=O)cc2)cc1. The topological polar surface area (TPSA) is 104 Å². The number of anilines is 2. The first-order valence-corrected chi connectivity index (χ1v) is 10.9. The average molecular weight is 418 g/mol. The van der Waals surface area contributed by atoms with Gasteiger partial charge in [0.25, 0.3) is 0 Å². The molecule has 0 aliphatic rings. The summed E-state index contributed by atoms with van der Waals surface area (Å²) in [5.74, 6) is -0.275. The number of carbonyl (C=O) groups is 2. The van der Waals surface area contributed by atoms with E-state index >= 15 is 0 Å². The Balaban J connectivity index is 2.01. The molecule has 1 unspecified atom stereocenters. The zero-order chi connectivity index (χ0) is 21.6. The fraction of sp³-hybridized carbons (Fsp3) is 0.333. The van der Waals surface area contributed by atoms with Gasteiger partial charge >= 0.3 is 0 Å². The standard InChI is InChI=1S/C21H27N3O4S/c1-5-14(2)17-6-8-19(9-7-17)23-21(26)15(3)24-29(27,28)20-12-10-18(11-13-20)22-16(4)25/h6-15,24H,5H2,1-4H3,(H,22,25)(H,23,26)/t14?,15-/m0/s1. The minimum absolute atomic E-state index is 0.00385. The third kappa shape index (κ3) is 6.40. The van der Waals surface area contributed by atoms with Crippen LogP contribution in [0.4, 0.5) is 11.4 Å². The van der Waals surface area contributed by atoms with Crippen LogP contribution in [0.1, 0.15) is 45.6 Å². The normalized spacial score (nSPS) is 13.4. The van der Waals surface area contributed by atoms with E-state index in [0.717, 1.165) is 6.42 Å². The van der Waals surface area contributed by atoms with E-state index in [1.807, 2.05) is 12.1 Å². The lowest BCUT2D eigenvalue weighted by Crippen LogP contribution is -2.41. The van der Waals surface area contributed by atoms with E-state index in [4.69, 9.17) is 0 Å². The van der Waals surface area contributed by atoms with Gasteiger partial charge in [0.1, 0.15) is 0 Å². The molecule has 0 aliphatic heterocycles. The van der Waals surface area contributed by atoms with Gasteiger partial charge in [0, 0.05) is 18.3 Å². The van der Waals surface area contributed by atoms with E-state index in [1.54, 1.807) is 12.1 Å². The predicted molar refractivity (Wildman–Crippen MR) is 114 cm³/mol. The fourth-order valence-corrected chi connectivity index (χ4v) is 3.86. The summed E-state index contributed by atoms with van der Waals surface area (Å²) in [6, 6.07) is 12.3. The number of benzene rings is 2. The largest absolute Gasteiger partial charge is 0.326 e. The Morgan fingerprint density at radius 2 is 1.41 bits per heavy atom. The zero-order valence-corrected chi connectivity index (χ0v) is 17.8. The van der Waals surface area contributed by atoms with Crippen LogP contribution in [0.2, 0.25) is 0 Å². The molecule has 0 aliphatic carbocycles. The summed E-state index contributed by atoms with van der Waals surface area (Å²) < 4.78 is 27.4. The van der Waals surface area contributed by atoms with Gasteiger partial charge in [0.2, 0.25) is 21.8 Å². The molecular weight excluding hydrogens is 390 g/mol. The number of rotatable bonds is 8. The average Bonchev–Trinajstić information content (AvgIpc) is 2.67. The minimum Gasteiger partial charge on any atom is -0.326 e. The fourth-order valence-electron chi connectivity index (χ4n) is 2.66. The summed E-state index contributed by atoms with van der Waals surface area (Å²) in [7, 11) is -3.89. The molecule has 3 N–H and O–H groups in total. The zero-order valence-electron chi connectivity index (χ0n) is 17.0. The van der Waals surface area contributed by atoms with Crippen LogP contribution in [0.3, 0.4) is 0 Å². The molecule has 0 saturated heterocycles. The quantitative estimate of drug-likeness (QED) is 0.612. The molecule has 0 fully saturated rings. The highest BCUT2D eigenvalue weighted by molar-refractivity contribution is 7.89. The second kappa shape index (κ2) is 9.67. The van der Waals surface area contributed by atoms with Crippen molar-refractivity contribution in [2.75, 3.05) is 10.6 Å². The molecule has 29 heavy (non-hydrogen) atoms. The van der Waals surface area contributed by atoms with E-state index in [9.17, 15) is 18.0 Å². The smallest absolute Gasteiger partial charge is 0.242 e. The Kier molecular flexibility index (Phi) is 7.53. The maximum atomic E-state index is 12.5. The van der Waals surface area contributed by atoms with Crippen molar-refractivity contribution >= 4 is 33.2 Å². The lowest BCUT2D eigenvalue weighted by molar-refractivity contribution is -0.117. The number of sulfonamides is 1. The monoisotopic (exact) mass is 417 g/mol. The molecule has 8 heteroatoms. The van der Waals surface area contributed by atoms with Crippen LogP contribution in [0.15, 0.2) is 53.4 Å². The highest BCUT2D eigenvalue weighted by Crippen LogP contribution is 2.20. The van der Waals surface area contributed by atoms with Gasteiger partial charge in [-0.1, -0.05) is 26.0 Å². The van der Waals surface area contributed by atoms with Crippen LogP contribution in [0, 0.1) is 0 Å². The van der Waals surface area contributed by atoms with Gasteiger partial charge < -0.3 is 10.6 Å². The molecule has 2 atom stereocenters. The molecule has 2 amide bonds. The van der Waals surface area contributed by atoms with E-state index in [0.29, 0.717) is 17.3 Å². The Hall–Kier alpha value is -2.71. The first kappa shape index (κ1) is 22.6. The second-order valence-corrected chi connectivity index (χ2v) is 8.68. The molecule has 0 heterocycles. The van der Waals surface area contributed by atoms with Crippen LogP contribution in [0.25, 0.3) is 0 Å². The van der Waals surface area contributed by atoms with Crippen LogP contribution in [0.5, 0.6) is 0 Å². The first-order chi connectivity index (χ1) is 13.6. The van der Waals surface area contributed by atoms with Gasteiger partial charge in [0.15, 0.2) is 0 Å². The molecule has 2 aromatic rings. The van der Waals surface area contributed by atoms with Crippen LogP contribution in [-0.2, 0) is 19.6 Å². The number of hydrogen-bond donors (Lipinski definition) is 3. The molecule has 0 saturated carbocycles.